The number of aromatic amines is 1. The van der Waals surface area contributed by atoms with Crippen molar-refractivity contribution in [2.24, 2.45) is 5.73 Å². The number of H-pyrrole nitrogens is 1. The van der Waals surface area contributed by atoms with E-state index in [4.69, 9.17) is 5.73 Å². The molecule has 1 heterocycles. The molecule has 2 rings (SSSR count). The molecular weight excluding hydrogens is 310 g/mol. The van der Waals surface area contributed by atoms with E-state index in [1.807, 2.05) is 6.07 Å². The van der Waals surface area contributed by atoms with E-state index in [1.54, 1.807) is 36.5 Å². The SMILES string of the molecule is NC(=O)[C@@H](NC(=O)c1cc(Br)c[nH]1)c1ccccc1. The van der Waals surface area contributed by atoms with Gasteiger partial charge in [-0.15, -0.1) is 0 Å². The Hall–Kier alpha value is -2.08. The summed E-state index contributed by atoms with van der Waals surface area (Å²) < 4.78 is 0.757. The van der Waals surface area contributed by atoms with Crippen LogP contribution in [0.5, 0.6) is 0 Å². The van der Waals surface area contributed by atoms with Crippen molar-refractivity contribution >= 4 is 27.7 Å². The highest BCUT2D eigenvalue weighted by Crippen LogP contribution is 2.14. The van der Waals surface area contributed by atoms with Crippen molar-refractivity contribution in [1.29, 1.82) is 0 Å². The maximum Gasteiger partial charge on any atom is 0.268 e. The van der Waals surface area contributed by atoms with E-state index in [0.717, 1.165) is 4.47 Å². The molecule has 0 aliphatic heterocycles. The van der Waals surface area contributed by atoms with Crippen LogP contribution in [-0.2, 0) is 4.79 Å². The smallest absolute Gasteiger partial charge is 0.268 e. The van der Waals surface area contributed by atoms with E-state index in [0.29, 0.717) is 11.3 Å². The molecule has 0 aliphatic carbocycles. The van der Waals surface area contributed by atoms with Crippen LogP contribution in [0.15, 0.2) is 47.1 Å². The van der Waals surface area contributed by atoms with Gasteiger partial charge in [-0.1, -0.05) is 30.3 Å². The first-order valence-electron chi connectivity index (χ1n) is 5.57. The summed E-state index contributed by atoms with van der Waals surface area (Å²) in [4.78, 5) is 26.2. The summed E-state index contributed by atoms with van der Waals surface area (Å²) >= 11 is 3.24. The third-order valence-corrected chi connectivity index (χ3v) is 3.04. The lowest BCUT2D eigenvalue weighted by atomic mass is 10.1. The average molecular weight is 322 g/mol. The topological polar surface area (TPSA) is 88.0 Å². The van der Waals surface area contributed by atoms with E-state index >= 15 is 0 Å². The van der Waals surface area contributed by atoms with Crippen LogP contribution in [0, 0.1) is 0 Å². The molecule has 2 amide bonds. The second kappa shape index (κ2) is 5.71. The molecule has 5 nitrogen and oxygen atoms in total. The van der Waals surface area contributed by atoms with Gasteiger partial charge in [0, 0.05) is 10.7 Å². The molecule has 98 valence electrons. The fraction of sp³-hybridized carbons (Fsp3) is 0.0769. The molecule has 2 aromatic rings. The second-order valence-corrected chi connectivity index (χ2v) is 4.87. The van der Waals surface area contributed by atoms with Crippen molar-refractivity contribution in [1.82, 2.24) is 10.3 Å². The Balaban J connectivity index is 2.18. The molecule has 1 aromatic carbocycles. The summed E-state index contributed by atoms with van der Waals surface area (Å²) in [5.41, 5.74) is 6.33. The Labute approximate surface area is 118 Å². The van der Waals surface area contributed by atoms with Crippen LogP contribution in [0.2, 0.25) is 0 Å². The third-order valence-electron chi connectivity index (χ3n) is 2.59. The molecule has 0 radical (unpaired) electrons. The van der Waals surface area contributed by atoms with Crippen LogP contribution < -0.4 is 11.1 Å². The van der Waals surface area contributed by atoms with E-state index in [9.17, 15) is 9.59 Å². The molecule has 0 spiro atoms. The summed E-state index contributed by atoms with van der Waals surface area (Å²) in [6.45, 7) is 0. The van der Waals surface area contributed by atoms with E-state index in [2.05, 4.69) is 26.2 Å². The minimum absolute atomic E-state index is 0.356. The van der Waals surface area contributed by atoms with E-state index in [-0.39, 0.29) is 0 Å². The van der Waals surface area contributed by atoms with Crippen LogP contribution in [0.1, 0.15) is 22.1 Å². The Bertz CT molecular complexity index is 595. The fourth-order valence-electron chi connectivity index (χ4n) is 1.67. The van der Waals surface area contributed by atoms with Gasteiger partial charge in [0.15, 0.2) is 0 Å². The van der Waals surface area contributed by atoms with Crippen molar-refractivity contribution in [2.75, 3.05) is 0 Å². The molecular formula is C13H12BrN3O2. The number of primary amides is 1. The second-order valence-electron chi connectivity index (χ2n) is 3.95. The normalized spacial score (nSPS) is 11.8. The minimum Gasteiger partial charge on any atom is -0.368 e. The zero-order valence-electron chi connectivity index (χ0n) is 9.89. The average Bonchev–Trinajstić information content (AvgIpc) is 2.83. The Morgan fingerprint density at radius 3 is 2.47 bits per heavy atom. The lowest BCUT2D eigenvalue weighted by Gasteiger charge is -2.15. The Morgan fingerprint density at radius 1 is 1.26 bits per heavy atom. The van der Waals surface area contributed by atoms with Crippen LogP contribution in [0.25, 0.3) is 0 Å². The van der Waals surface area contributed by atoms with Gasteiger partial charge in [-0.05, 0) is 27.6 Å². The molecule has 0 aliphatic rings. The van der Waals surface area contributed by atoms with Crippen molar-refractivity contribution in [3.8, 4) is 0 Å². The van der Waals surface area contributed by atoms with Gasteiger partial charge < -0.3 is 16.0 Å². The zero-order valence-corrected chi connectivity index (χ0v) is 11.5. The molecule has 1 aromatic heterocycles. The number of halogens is 1. The summed E-state index contributed by atoms with van der Waals surface area (Å²) in [5, 5.41) is 2.60. The maximum absolute atomic E-state index is 12.0. The number of hydrogen-bond acceptors (Lipinski definition) is 2. The standard InChI is InChI=1S/C13H12BrN3O2/c14-9-6-10(16-7-9)13(19)17-11(12(15)18)8-4-2-1-3-5-8/h1-7,11,16H,(H2,15,18)(H,17,19)/t11-/m0/s1. The molecule has 0 saturated carbocycles. The minimum atomic E-state index is -0.851. The van der Waals surface area contributed by atoms with Crippen molar-refractivity contribution in [3.05, 3.63) is 58.3 Å². The number of nitrogens with one attached hydrogen (secondary N) is 2. The summed E-state index contributed by atoms with van der Waals surface area (Å²) in [6, 6.07) is 9.63. The largest absolute Gasteiger partial charge is 0.368 e. The lowest BCUT2D eigenvalue weighted by Crippen LogP contribution is -2.37. The molecule has 0 unspecified atom stereocenters. The van der Waals surface area contributed by atoms with Gasteiger partial charge in [-0.2, -0.15) is 0 Å². The third kappa shape index (κ3) is 3.23. The predicted octanol–water partition coefficient (Wildman–Crippen LogP) is 1.73. The van der Waals surface area contributed by atoms with Crippen LogP contribution >= 0.6 is 15.9 Å². The number of rotatable bonds is 4. The van der Waals surface area contributed by atoms with Crippen LogP contribution in [0.3, 0.4) is 0 Å². The first-order chi connectivity index (χ1) is 9.08. The van der Waals surface area contributed by atoms with E-state index in [1.165, 1.54) is 0 Å². The Morgan fingerprint density at radius 2 is 1.95 bits per heavy atom. The first-order valence-corrected chi connectivity index (χ1v) is 6.36. The van der Waals surface area contributed by atoms with Gasteiger partial charge in [0.1, 0.15) is 11.7 Å². The molecule has 6 heteroatoms. The number of aromatic nitrogens is 1. The van der Waals surface area contributed by atoms with Gasteiger partial charge in [0.05, 0.1) is 0 Å². The van der Waals surface area contributed by atoms with Crippen molar-refractivity contribution in [2.45, 2.75) is 6.04 Å². The van der Waals surface area contributed by atoms with Crippen LogP contribution in [0.4, 0.5) is 0 Å². The van der Waals surface area contributed by atoms with Gasteiger partial charge in [-0.25, -0.2) is 0 Å². The molecule has 4 N–H and O–H groups in total. The number of nitrogens with two attached hydrogens (primary N) is 1. The number of carbonyl (C=O) groups excluding carboxylic acids is 2. The molecule has 19 heavy (non-hydrogen) atoms. The monoisotopic (exact) mass is 321 g/mol. The zero-order chi connectivity index (χ0) is 13.8. The van der Waals surface area contributed by atoms with Crippen molar-refractivity contribution < 1.29 is 9.59 Å². The summed E-state index contributed by atoms with van der Waals surface area (Å²) in [6.07, 6.45) is 1.64. The van der Waals surface area contributed by atoms with Gasteiger partial charge in [0.2, 0.25) is 5.91 Å². The predicted molar refractivity (Wildman–Crippen MR) is 74.3 cm³/mol. The number of benzene rings is 1. The quantitative estimate of drug-likeness (QED) is 0.800. The van der Waals surface area contributed by atoms with Gasteiger partial charge >= 0.3 is 0 Å². The fourth-order valence-corrected chi connectivity index (χ4v) is 2.02. The highest BCUT2D eigenvalue weighted by Gasteiger charge is 2.21. The lowest BCUT2D eigenvalue weighted by molar-refractivity contribution is -0.120. The Kier molecular flexibility index (Phi) is 4.01. The van der Waals surface area contributed by atoms with Crippen molar-refractivity contribution in [3.63, 3.8) is 0 Å². The molecule has 0 saturated heterocycles. The maximum atomic E-state index is 12.0. The number of hydrogen-bond donors (Lipinski definition) is 3. The number of amides is 2. The molecule has 0 fully saturated rings. The number of carbonyl (C=O) groups is 2. The van der Waals surface area contributed by atoms with Crippen LogP contribution in [-0.4, -0.2) is 16.8 Å². The highest BCUT2D eigenvalue weighted by atomic mass is 79.9. The van der Waals surface area contributed by atoms with E-state index < -0.39 is 17.9 Å². The molecule has 1 atom stereocenters. The van der Waals surface area contributed by atoms with Gasteiger partial charge in [0.25, 0.3) is 5.91 Å². The molecule has 0 bridgehead atoms. The van der Waals surface area contributed by atoms with Gasteiger partial charge in [-0.3, -0.25) is 9.59 Å². The first kappa shape index (κ1) is 13.4. The summed E-state index contributed by atoms with van der Waals surface area (Å²) in [7, 11) is 0. The summed E-state index contributed by atoms with van der Waals surface area (Å²) in [5.74, 6) is -0.997. The highest BCUT2D eigenvalue weighted by molar-refractivity contribution is 9.10.